The molecule has 0 atom stereocenters. The fourth-order valence-corrected chi connectivity index (χ4v) is 9.03. The lowest BCUT2D eigenvalue weighted by Gasteiger charge is -2.28. The van der Waals surface area contributed by atoms with E-state index in [0.29, 0.717) is 0 Å². The van der Waals surface area contributed by atoms with E-state index in [1.165, 1.54) is 71.9 Å². The van der Waals surface area contributed by atoms with E-state index in [1.54, 1.807) is 0 Å². The minimum Gasteiger partial charge on any atom is -0.310 e. The largest absolute Gasteiger partial charge is 0.310 e. The van der Waals surface area contributed by atoms with Gasteiger partial charge in [0.25, 0.3) is 0 Å². The van der Waals surface area contributed by atoms with Gasteiger partial charge in [-0.1, -0.05) is 200 Å². The van der Waals surface area contributed by atoms with Gasteiger partial charge in [-0.05, 0) is 105 Å². The van der Waals surface area contributed by atoms with E-state index >= 15 is 0 Å². The van der Waals surface area contributed by atoms with E-state index in [-0.39, 0.29) is 0 Å². The van der Waals surface area contributed by atoms with Gasteiger partial charge in [-0.25, -0.2) is 0 Å². The Bertz CT molecular complexity index is 3300. The number of anilines is 3. The molecule has 0 bridgehead atoms. The summed E-state index contributed by atoms with van der Waals surface area (Å²) < 4.78 is 2.42. The highest BCUT2D eigenvalue weighted by Gasteiger charge is 2.21. The van der Waals surface area contributed by atoms with Crippen LogP contribution in [0.5, 0.6) is 0 Å². The van der Waals surface area contributed by atoms with Crippen molar-refractivity contribution in [2.24, 2.45) is 0 Å². The van der Waals surface area contributed by atoms with Gasteiger partial charge in [0.2, 0.25) is 0 Å². The van der Waals surface area contributed by atoms with Crippen LogP contribution in [0.25, 0.3) is 83.1 Å². The van der Waals surface area contributed by atoms with Crippen LogP contribution in [0.3, 0.4) is 0 Å². The molecule has 2 heteroatoms. The smallest absolute Gasteiger partial charge is 0.0547 e. The standard InChI is InChI=1S/C60H42N2/c1-5-17-43(18-6-1)45-31-33-46(34-32-45)47-35-38-52(39-36-47)61(57-29-14-13-27-54(57)48-21-9-3-10-22-48)53-26-15-23-50(41-53)55-28-16-30-58-60(55)56-40-37-49(44-19-7-2-8-20-44)42-59(56)62(58)51-24-11-4-12-25-51/h1-42H. The number of rotatable bonds is 9. The Morgan fingerprint density at radius 1 is 0.274 bits per heavy atom. The molecule has 0 amide bonds. The normalized spacial score (nSPS) is 11.2. The third-order valence-corrected chi connectivity index (χ3v) is 12.0. The molecule has 11 aromatic rings. The van der Waals surface area contributed by atoms with Crippen molar-refractivity contribution < 1.29 is 0 Å². The van der Waals surface area contributed by atoms with Crippen molar-refractivity contribution in [3.63, 3.8) is 0 Å². The third kappa shape index (κ3) is 6.84. The summed E-state index contributed by atoms with van der Waals surface area (Å²) >= 11 is 0. The van der Waals surface area contributed by atoms with Crippen molar-refractivity contribution in [3.8, 4) is 61.3 Å². The molecular formula is C60H42N2. The Morgan fingerprint density at radius 3 is 1.42 bits per heavy atom. The molecule has 292 valence electrons. The van der Waals surface area contributed by atoms with E-state index in [0.717, 1.165) is 28.3 Å². The van der Waals surface area contributed by atoms with Gasteiger partial charge in [-0.15, -0.1) is 0 Å². The van der Waals surface area contributed by atoms with Gasteiger partial charge in [0, 0.05) is 33.4 Å². The van der Waals surface area contributed by atoms with Gasteiger partial charge in [0.1, 0.15) is 0 Å². The zero-order chi connectivity index (χ0) is 41.2. The van der Waals surface area contributed by atoms with Crippen molar-refractivity contribution >= 4 is 38.9 Å². The highest BCUT2D eigenvalue weighted by Crippen LogP contribution is 2.45. The van der Waals surface area contributed by atoms with Gasteiger partial charge >= 0.3 is 0 Å². The molecule has 0 spiro atoms. The molecular weight excluding hydrogens is 749 g/mol. The van der Waals surface area contributed by atoms with Crippen molar-refractivity contribution in [2.75, 3.05) is 4.90 Å². The highest BCUT2D eigenvalue weighted by molar-refractivity contribution is 6.16. The molecule has 10 aromatic carbocycles. The maximum absolute atomic E-state index is 2.42. The number of hydrogen-bond donors (Lipinski definition) is 0. The van der Waals surface area contributed by atoms with Crippen LogP contribution in [0.4, 0.5) is 17.1 Å². The van der Waals surface area contributed by atoms with Gasteiger partial charge in [-0.2, -0.15) is 0 Å². The maximum atomic E-state index is 2.42. The molecule has 0 radical (unpaired) electrons. The van der Waals surface area contributed by atoms with E-state index in [4.69, 9.17) is 0 Å². The van der Waals surface area contributed by atoms with Crippen LogP contribution in [0, 0.1) is 0 Å². The predicted octanol–water partition coefficient (Wildman–Crippen LogP) is 16.6. The Morgan fingerprint density at radius 2 is 0.758 bits per heavy atom. The van der Waals surface area contributed by atoms with Gasteiger partial charge in [0.05, 0.1) is 16.7 Å². The molecule has 0 saturated heterocycles. The van der Waals surface area contributed by atoms with Crippen molar-refractivity contribution in [2.45, 2.75) is 0 Å². The second kappa shape index (κ2) is 16.1. The molecule has 0 aliphatic heterocycles. The van der Waals surface area contributed by atoms with Crippen LogP contribution in [-0.2, 0) is 0 Å². The number of para-hydroxylation sites is 2. The molecule has 62 heavy (non-hydrogen) atoms. The van der Waals surface area contributed by atoms with Gasteiger partial charge in [-0.3, -0.25) is 0 Å². The van der Waals surface area contributed by atoms with Crippen molar-refractivity contribution in [3.05, 3.63) is 255 Å². The lowest BCUT2D eigenvalue weighted by molar-refractivity contribution is 1.18. The van der Waals surface area contributed by atoms with Crippen molar-refractivity contribution in [1.29, 1.82) is 0 Å². The SMILES string of the molecule is c1ccc(-c2ccc(-c3ccc(N(c4cccc(-c5cccc6c5c5ccc(-c7ccccc7)cc5n6-c5ccccc5)c4)c4ccccc4-c4ccccc4)cc3)cc2)cc1. The van der Waals surface area contributed by atoms with Crippen LogP contribution in [0.1, 0.15) is 0 Å². The van der Waals surface area contributed by atoms with E-state index < -0.39 is 0 Å². The maximum Gasteiger partial charge on any atom is 0.0547 e. The molecule has 11 rings (SSSR count). The Kier molecular flexibility index (Phi) is 9.57. The summed E-state index contributed by atoms with van der Waals surface area (Å²) in [7, 11) is 0. The minimum atomic E-state index is 1.08. The van der Waals surface area contributed by atoms with Crippen LogP contribution in [0.2, 0.25) is 0 Å². The Labute approximate surface area is 362 Å². The Hall–Kier alpha value is -8.20. The number of benzene rings is 10. The molecule has 0 saturated carbocycles. The van der Waals surface area contributed by atoms with Crippen LogP contribution < -0.4 is 4.90 Å². The Balaban J connectivity index is 1.06. The zero-order valence-electron chi connectivity index (χ0n) is 34.1. The molecule has 0 fully saturated rings. The topological polar surface area (TPSA) is 8.17 Å². The van der Waals surface area contributed by atoms with E-state index in [2.05, 4.69) is 264 Å². The van der Waals surface area contributed by atoms with Gasteiger partial charge < -0.3 is 9.47 Å². The molecule has 2 nitrogen and oxygen atoms in total. The fourth-order valence-electron chi connectivity index (χ4n) is 9.03. The number of nitrogens with zero attached hydrogens (tertiary/aromatic N) is 2. The number of aromatic nitrogens is 1. The van der Waals surface area contributed by atoms with Crippen LogP contribution in [-0.4, -0.2) is 4.57 Å². The second-order valence-electron chi connectivity index (χ2n) is 15.7. The monoisotopic (exact) mass is 790 g/mol. The predicted molar refractivity (Wildman–Crippen MR) is 263 cm³/mol. The highest BCUT2D eigenvalue weighted by atomic mass is 15.1. The molecule has 0 N–H and O–H groups in total. The third-order valence-electron chi connectivity index (χ3n) is 12.0. The van der Waals surface area contributed by atoms with Crippen LogP contribution >= 0.6 is 0 Å². The molecule has 0 unspecified atom stereocenters. The molecule has 1 heterocycles. The van der Waals surface area contributed by atoms with Crippen molar-refractivity contribution in [1.82, 2.24) is 4.57 Å². The number of fused-ring (bicyclic) bond motifs is 3. The second-order valence-corrected chi connectivity index (χ2v) is 15.7. The number of hydrogen-bond acceptors (Lipinski definition) is 1. The molecule has 1 aromatic heterocycles. The van der Waals surface area contributed by atoms with E-state index in [1.807, 2.05) is 0 Å². The summed E-state index contributed by atoms with van der Waals surface area (Å²) in [6.07, 6.45) is 0. The summed E-state index contributed by atoms with van der Waals surface area (Å²) in [4.78, 5) is 2.41. The quantitative estimate of drug-likeness (QED) is 0.141. The molecule has 0 aliphatic rings. The summed E-state index contributed by atoms with van der Waals surface area (Å²) in [5.74, 6) is 0. The summed E-state index contributed by atoms with van der Waals surface area (Å²) in [6.45, 7) is 0. The first-order chi connectivity index (χ1) is 30.8. The first-order valence-electron chi connectivity index (χ1n) is 21.3. The summed E-state index contributed by atoms with van der Waals surface area (Å²) in [5, 5.41) is 2.46. The lowest BCUT2D eigenvalue weighted by Crippen LogP contribution is -2.11. The summed E-state index contributed by atoms with van der Waals surface area (Å²) in [6, 6.07) is 92.0. The average Bonchev–Trinajstić information content (AvgIpc) is 3.70. The minimum absolute atomic E-state index is 1.08. The first kappa shape index (κ1) is 36.8. The summed E-state index contributed by atoms with van der Waals surface area (Å²) in [5.41, 5.74) is 18.7. The van der Waals surface area contributed by atoms with Crippen LogP contribution in [0.15, 0.2) is 255 Å². The average molecular weight is 791 g/mol. The molecule has 0 aliphatic carbocycles. The first-order valence-corrected chi connectivity index (χ1v) is 21.3. The van der Waals surface area contributed by atoms with Gasteiger partial charge in [0.15, 0.2) is 0 Å². The fraction of sp³-hybridized carbons (Fsp3) is 0. The lowest BCUT2D eigenvalue weighted by atomic mass is 9.97. The zero-order valence-corrected chi connectivity index (χ0v) is 34.1. The van der Waals surface area contributed by atoms with E-state index in [9.17, 15) is 0 Å².